The lowest BCUT2D eigenvalue weighted by molar-refractivity contribution is 0.202. The number of anilines is 2. The van der Waals surface area contributed by atoms with Crippen LogP contribution in [0.4, 0.5) is 31.5 Å². The molecule has 4 aromatic carbocycles. The van der Waals surface area contributed by atoms with Gasteiger partial charge in [0.15, 0.2) is 11.8 Å². The van der Waals surface area contributed by atoms with Gasteiger partial charge in [0.05, 0.1) is 33.5 Å². The van der Waals surface area contributed by atoms with Crippen molar-refractivity contribution in [2.75, 3.05) is 36.0 Å². The second-order valence-electron chi connectivity index (χ2n) is 16.7. The summed E-state index contributed by atoms with van der Waals surface area (Å²) < 4.78 is 28.3. The number of aromatic hydroxyl groups is 2. The fraction of sp³-hybridized carbons (Fsp3) is 0.375. The number of aliphatic imine (C=N–C) groups is 2. The molecule has 6 aromatic rings. The van der Waals surface area contributed by atoms with Gasteiger partial charge < -0.3 is 30.0 Å². The molecule has 4 heterocycles. The van der Waals surface area contributed by atoms with Crippen LogP contribution < -0.4 is 9.80 Å². The predicted molar refractivity (Wildman–Crippen MR) is 232 cm³/mol. The first-order chi connectivity index (χ1) is 28.4. The molecule has 0 spiro atoms. The number of hydrogen-bond acceptors (Lipinski definition) is 6. The summed E-state index contributed by atoms with van der Waals surface area (Å²) in [5, 5.41) is 21.0. The minimum absolute atomic E-state index is 0.0687. The maximum Gasteiger partial charge on any atom is 0.198 e. The topological polar surface area (TPSA) is 103 Å². The fourth-order valence-corrected chi connectivity index (χ4v) is 10.1. The van der Waals surface area contributed by atoms with E-state index in [1.807, 2.05) is 24.3 Å². The molecule has 58 heavy (non-hydrogen) atoms. The first-order valence-electron chi connectivity index (χ1n) is 21.1. The number of nitrogens with one attached hydrogen (secondary N) is 2. The van der Waals surface area contributed by atoms with Crippen molar-refractivity contribution in [2.24, 2.45) is 33.7 Å². The second kappa shape index (κ2) is 16.7. The number of rotatable bonds is 6. The van der Waals surface area contributed by atoms with E-state index >= 15 is 0 Å². The molecule has 0 radical (unpaired) electrons. The van der Waals surface area contributed by atoms with Crippen molar-refractivity contribution in [3.05, 3.63) is 108 Å². The standard InChI is InChI=1S/2C24H26FN3O/c2*25-21-6-3-7-22-23(21)20(24(29)27-22)14-26-18-8-10-19(11-9-18)28-13-12-16-4-1-2-5-17(16)15-28/h2*3,6-11,14,16-17,27,29H,1-2,4-5,12-13,15H2. The van der Waals surface area contributed by atoms with Crippen LogP contribution in [0, 0.1) is 35.3 Å². The van der Waals surface area contributed by atoms with E-state index in [4.69, 9.17) is 0 Å². The van der Waals surface area contributed by atoms with Crippen LogP contribution in [-0.4, -0.2) is 58.8 Å². The van der Waals surface area contributed by atoms with Gasteiger partial charge in [-0.3, -0.25) is 9.98 Å². The molecule has 2 aliphatic heterocycles. The molecule has 4 fully saturated rings. The first-order valence-corrected chi connectivity index (χ1v) is 21.1. The maximum atomic E-state index is 14.2. The van der Waals surface area contributed by atoms with Crippen molar-refractivity contribution in [2.45, 2.75) is 64.2 Å². The van der Waals surface area contributed by atoms with Gasteiger partial charge in [-0.15, -0.1) is 0 Å². The van der Waals surface area contributed by atoms with Crippen molar-refractivity contribution in [1.82, 2.24) is 9.97 Å². The van der Waals surface area contributed by atoms with Gasteiger partial charge in [0.1, 0.15) is 11.6 Å². The zero-order valence-electron chi connectivity index (χ0n) is 32.9. The van der Waals surface area contributed by atoms with Gasteiger partial charge in [0.2, 0.25) is 0 Å². The highest BCUT2D eigenvalue weighted by Gasteiger charge is 2.32. The third-order valence-electron chi connectivity index (χ3n) is 13.3. The lowest BCUT2D eigenvalue weighted by Gasteiger charge is -2.42. The minimum atomic E-state index is -0.373. The Morgan fingerprint density at radius 1 is 0.517 bits per heavy atom. The number of hydrogen-bond donors (Lipinski definition) is 4. The fourth-order valence-electron chi connectivity index (χ4n) is 10.1. The molecule has 0 amide bonds. The Bertz CT molecular complexity index is 2250. The Labute approximate surface area is 338 Å². The summed E-state index contributed by atoms with van der Waals surface area (Å²) in [4.78, 5) is 19.5. The van der Waals surface area contributed by atoms with Gasteiger partial charge in [-0.1, -0.05) is 50.7 Å². The molecule has 0 bridgehead atoms. The van der Waals surface area contributed by atoms with Gasteiger partial charge in [0.25, 0.3) is 0 Å². The van der Waals surface area contributed by atoms with Crippen molar-refractivity contribution < 1.29 is 19.0 Å². The third kappa shape index (κ3) is 7.93. The summed E-state index contributed by atoms with van der Waals surface area (Å²) in [6.07, 6.45) is 16.8. The molecule has 4 atom stereocenters. The summed E-state index contributed by atoms with van der Waals surface area (Å²) in [6, 6.07) is 25.9. The van der Waals surface area contributed by atoms with Crippen LogP contribution in [0.3, 0.4) is 0 Å². The summed E-state index contributed by atoms with van der Waals surface area (Å²) in [5.74, 6) is 2.65. The molecule has 4 unspecified atom stereocenters. The van der Waals surface area contributed by atoms with E-state index in [1.54, 1.807) is 24.3 Å². The number of aromatic nitrogens is 2. The lowest BCUT2D eigenvalue weighted by atomic mass is 9.75. The summed E-state index contributed by atoms with van der Waals surface area (Å²) >= 11 is 0. The van der Waals surface area contributed by atoms with E-state index in [0.717, 1.165) is 61.2 Å². The largest absolute Gasteiger partial charge is 0.494 e. The normalized spacial score (nSPS) is 22.3. The molecule has 10 heteroatoms. The van der Waals surface area contributed by atoms with Crippen LogP contribution in [0.25, 0.3) is 21.8 Å². The quantitative estimate of drug-likeness (QED) is 0.126. The van der Waals surface area contributed by atoms with Gasteiger partial charge in [-0.25, -0.2) is 8.78 Å². The maximum absolute atomic E-state index is 14.2. The Morgan fingerprint density at radius 3 is 1.33 bits per heavy atom. The molecule has 300 valence electrons. The molecule has 4 aliphatic rings. The average molecular weight is 783 g/mol. The first kappa shape index (κ1) is 37.9. The van der Waals surface area contributed by atoms with Gasteiger partial charge >= 0.3 is 0 Å². The van der Waals surface area contributed by atoms with Crippen LogP contribution in [0.2, 0.25) is 0 Å². The molecule has 8 nitrogen and oxygen atoms in total. The molecule has 2 aromatic heterocycles. The third-order valence-corrected chi connectivity index (χ3v) is 13.3. The number of halogens is 2. The number of H-pyrrole nitrogens is 2. The zero-order chi connectivity index (χ0) is 39.6. The molecule has 4 N–H and O–H groups in total. The van der Waals surface area contributed by atoms with Crippen LogP contribution in [0.1, 0.15) is 75.3 Å². The van der Waals surface area contributed by atoms with Crippen molar-refractivity contribution >= 4 is 57.0 Å². The van der Waals surface area contributed by atoms with E-state index in [2.05, 4.69) is 54.0 Å². The molecule has 10 rings (SSSR count). The summed E-state index contributed by atoms with van der Waals surface area (Å²) in [7, 11) is 0. The van der Waals surface area contributed by atoms with E-state index < -0.39 is 0 Å². The smallest absolute Gasteiger partial charge is 0.198 e. The highest BCUT2D eigenvalue weighted by atomic mass is 19.1. The number of benzene rings is 4. The number of fused-ring (bicyclic) bond motifs is 4. The van der Waals surface area contributed by atoms with Crippen molar-refractivity contribution in [1.29, 1.82) is 0 Å². The van der Waals surface area contributed by atoms with Crippen molar-refractivity contribution in [3.63, 3.8) is 0 Å². The molecule has 2 saturated carbocycles. The van der Waals surface area contributed by atoms with Gasteiger partial charge in [0, 0.05) is 60.8 Å². The Kier molecular flexibility index (Phi) is 10.9. The highest BCUT2D eigenvalue weighted by molar-refractivity contribution is 6.03. The highest BCUT2D eigenvalue weighted by Crippen LogP contribution is 2.39. The van der Waals surface area contributed by atoms with Crippen LogP contribution >= 0.6 is 0 Å². The predicted octanol–water partition coefficient (Wildman–Crippen LogP) is 11.6. The van der Waals surface area contributed by atoms with Crippen LogP contribution in [0.15, 0.2) is 94.9 Å². The summed E-state index contributed by atoms with van der Waals surface area (Å²) in [5.41, 5.74) is 5.93. The Balaban J connectivity index is 0.000000150. The van der Waals surface area contributed by atoms with Gasteiger partial charge in [-0.2, -0.15) is 0 Å². The van der Waals surface area contributed by atoms with E-state index in [-0.39, 0.29) is 23.4 Å². The number of aromatic amines is 2. The van der Waals surface area contributed by atoms with E-state index in [0.29, 0.717) is 32.9 Å². The Hall–Kier alpha value is -5.64. The van der Waals surface area contributed by atoms with E-state index in [1.165, 1.54) is 100 Å². The zero-order valence-corrected chi connectivity index (χ0v) is 32.9. The second-order valence-corrected chi connectivity index (χ2v) is 16.7. The molecule has 2 saturated heterocycles. The molecular formula is C48H52F2N6O2. The monoisotopic (exact) mass is 782 g/mol. The lowest BCUT2D eigenvalue weighted by Crippen LogP contribution is -2.41. The average Bonchev–Trinajstić information content (AvgIpc) is 3.77. The Morgan fingerprint density at radius 2 is 0.914 bits per heavy atom. The minimum Gasteiger partial charge on any atom is -0.494 e. The van der Waals surface area contributed by atoms with Crippen LogP contribution in [0.5, 0.6) is 11.8 Å². The molecular weight excluding hydrogens is 731 g/mol. The van der Waals surface area contributed by atoms with Crippen LogP contribution in [-0.2, 0) is 0 Å². The van der Waals surface area contributed by atoms with Crippen molar-refractivity contribution in [3.8, 4) is 11.8 Å². The SMILES string of the molecule is Oc1[nH]c2cccc(F)c2c1C=Nc1ccc(N2CCC3CCCCC3C2)cc1.Oc1[nH]c2cccc(F)c2c1C=Nc1ccc(N2CCC3CCCCC3C2)cc1. The molecule has 2 aliphatic carbocycles. The number of piperidine rings is 2. The number of nitrogens with zero attached hydrogens (tertiary/aromatic N) is 4. The van der Waals surface area contributed by atoms with E-state index in [9.17, 15) is 19.0 Å². The van der Waals surface area contributed by atoms with Gasteiger partial charge in [-0.05, 0) is 122 Å². The summed E-state index contributed by atoms with van der Waals surface area (Å²) in [6.45, 7) is 4.59.